The van der Waals surface area contributed by atoms with Crippen LogP contribution in [0.15, 0.2) is 47.3 Å². The number of carbonyl (C=O) groups excluding carboxylic acids is 1. The number of rotatable bonds is 4. The Labute approximate surface area is 144 Å². The summed E-state index contributed by atoms with van der Waals surface area (Å²) in [4.78, 5) is 24.7. The molecule has 0 bridgehead atoms. The van der Waals surface area contributed by atoms with Gasteiger partial charge in [-0.2, -0.15) is 10.2 Å². The fraction of sp³-hybridized carbons (Fsp3) is 0.222. The summed E-state index contributed by atoms with van der Waals surface area (Å²) in [6, 6.07) is 12.5. The van der Waals surface area contributed by atoms with Gasteiger partial charge in [0.2, 0.25) is 5.43 Å². The van der Waals surface area contributed by atoms with Gasteiger partial charge in [0.1, 0.15) is 0 Å². The Hall–Kier alpha value is -3.22. The Morgan fingerprint density at radius 2 is 1.92 bits per heavy atom. The third kappa shape index (κ3) is 3.50. The minimum absolute atomic E-state index is 0.177. The molecule has 0 atom stereocenters. The van der Waals surface area contributed by atoms with Gasteiger partial charge in [0.05, 0.1) is 5.69 Å². The number of nitrogens with one attached hydrogen (secondary N) is 2. The van der Waals surface area contributed by atoms with Gasteiger partial charge in [0.15, 0.2) is 11.5 Å². The number of para-hydroxylation sites is 1. The summed E-state index contributed by atoms with van der Waals surface area (Å²) in [5.41, 5.74) is 1.71. The SMILES string of the molecule is Cc1cc(=O)c(C(=O)Nc2cc(C(C)C)[nH]n2)nn1-c1ccccc1. The maximum atomic E-state index is 12.5. The molecule has 2 aromatic heterocycles. The van der Waals surface area contributed by atoms with Crippen molar-refractivity contribution < 1.29 is 4.79 Å². The van der Waals surface area contributed by atoms with Crippen molar-refractivity contribution in [2.24, 2.45) is 0 Å². The number of benzene rings is 1. The molecule has 3 rings (SSSR count). The molecule has 0 saturated carbocycles. The number of aromatic amines is 1. The van der Waals surface area contributed by atoms with Crippen LogP contribution in [0.4, 0.5) is 5.82 Å². The van der Waals surface area contributed by atoms with Crippen LogP contribution in [0, 0.1) is 6.92 Å². The highest BCUT2D eigenvalue weighted by molar-refractivity contribution is 6.02. The van der Waals surface area contributed by atoms with E-state index in [0.29, 0.717) is 11.5 Å². The predicted octanol–water partition coefficient (Wildman–Crippen LogP) is 2.64. The zero-order valence-electron chi connectivity index (χ0n) is 14.3. The Morgan fingerprint density at radius 1 is 1.20 bits per heavy atom. The number of carbonyl (C=O) groups is 1. The van der Waals surface area contributed by atoms with E-state index in [0.717, 1.165) is 11.4 Å². The predicted molar refractivity (Wildman–Crippen MR) is 95.2 cm³/mol. The molecule has 0 spiro atoms. The van der Waals surface area contributed by atoms with Crippen LogP contribution in [-0.4, -0.2) is 25.9 Å². The molecule has 3 aromatic rings. The Bertz CT molecular complexity index is 957. The standard InChI is InChI=1S/C18H19N5O2/c1-11(2)14-10-16(21-20-14)19-18(25)17-15(24)9-12(3)23(22-17)13-7-5-4-6-8-13/h4-11H,1-3H3,(H2,19,20,21,25). The van der Waals surface area contributed by atoms with Crippen molar-refractivity contribution >= 4 is 11.7 Å². The quantitative estimate of drug-likeness (QED) is 0.765. The van der Waals surface area contributed by atoms with E-state index in [2.05, 4.69) is 20.6 Å². The molecule has 0 aliphatic rings. The molecule has 0 aliphatic carbocycles. The number of anilines is 1. The zero-order chi connectivity index (χ0) is 18.0. The van der Waals surface area contributed by atoms with Crippen LogP contribution >= 0.6 is 0 Å². The minimum Gasteiger partial charge on any atom is -0.304 e. The second kappa shape index (κ2) is 6.72. The summed E-state index contributed by atoms with van der Waals surface area (Å²) >= 11 is 0. The molecule has 1 aromatic carbocycles. The van der Waals surface area contributed by atoms with E-state index in [1.807, 2.05) is 44.2 Å². The highest BCUT2D eigenvalue weighted by Crippen LogP contribution is 2.15. The summed E-state index contributed by atoms with van der Waals surface area (Å²) in [6.07, 6.45) is 0. The fourth-order valence-corrected chi connectivity index (χ4v) is 2.41. The molecule has 2 heterocycles. The molecule has 25 heavy (non-hydrogen) atoms. The smallest absolute Gasteiger partial charge is 0.281 e. The molecule has 2 N–H and O–H groups in total. The number of aryl methyl sites for hydroxylation is 1. The van der Waals surface area contributed by atoms with Gasteiger partial charge >= 0.3 is 0 Å². The van der Waals surface area contributed by atoms with Crippen molar-refractivity contribution in [2.45, 2.75) is 26.7 Å². The van der Waals surface area contributed by atoms with Gasteiger partial charge in [0.25, 0.3) is 5.91 Å². The van der Waals surface area contributed by atoms with Crippen molar-refractivity contribution in [3.8, 4) is 5.69 Å². The lowest BCUT2D eigenvalue weighted by molar-refractivity contribution is 0.101. The van der Waals surface area contributed by atoms with Gasteiger partial charge in [-0.1, -0.05) is 32.0 Å². The summed E-state index contributed by atoms with van der Waals surface area (Å²) < 4.78 is 1.57. The van der Waals surface area contributed by atoms with Gasteiger partial charge in [-0.15, -0.1) is 0 Å². The Balaban J connectivity index is 1.93. The molecule has 7 nitrogen and oxygen atoms in total. The maximum Gasteiger partial charge on any atom is 0.281 e. The molecule has 0 radical (unpaired) electrons. The van der Waals surface area contributed by atoms with Gasteiger partial charge in [-0.3, -0.25) is 14.7 Å². The van der Waals surface area contributed by atoms with Crippen LogP contribution in [0.25, 0.3) is 5.69 Å². The summed E-state index contributed by atoms with van der Waals surface area (Å²) in [7, 11) is 0. The van der Waals surface area contributed by atoms with E-state index < -0.39 is 11.3 Å². The number of aromatic nitrogens is 4. The second-order valence-electron chi connectivity index (χ2n) is 6.06. The van der Waals surface area contributed by atoms with Crippen molar-refractivity contribution in [3.63, 3.8) is 0 Å². The molecular formula is C18H19N5O2. The Kier molecular flexibility index (Phi) is 4.47. The average molecular weight is 337 g/mol. The molecule has 0 unspecified atom stereocenters. The second-order valence-corrected chi connectivity index (χ2v) is 6.06. The number of H-pyrrole nitrogens is 1. The molecular weight excluding hydrogens is 318 g/mol. The van der Waals surface area contributed by atoms with E-state index in [1.165, 1.54) is 6.07 Å². The molecule has 0 fully saturated rings. The first-order valence-corrected chi connectivity index (χ1v) is 7.99. The first-order chi connectivity index (χ1) is 12.0. The molecule has 0 saturated heterocycles. The van der Waals surface area contributed by atoms with Crippen LogP contribution in [-0.2, 0) is 0 Å². The van der Waals surface area contributed by atoms with Crippen LogP contribution in [0.2, 0.25) is 0 Å². The van der Waals surface area contributed by atoms with E-state index in [1.54, 1.807) is 17.7 Å². The molecule has 0 aliphatic heterocycles. The normalized spacial score (nSPS) is 10.9. The third-order valence-corrected chi connectivity index (χ3v) is 3.78. The monoisotopic (exact) mass is 337 g/mol. The summed E-state index contributed by atoms with van der Waals surface area (Å²) in [6.45, 7) is 5.80. The highest BCUT2D eigenvalue weighted by Gasteiger charge is 2.17. The van der Waals surface area contributed by atoms with Crippen molar-refractivity contribution in [1.82, 2.24) is 20.0 Å². The van der Waals surface area contributed by atoms with E-state index in [-0.39, 0.29) is 11.6 Å². The summed E-state index contributed by atoms with van der Waals surface area (Å²) in [5, 5.41) is 13.7. The third-order valence-electron chi connectivity index (χ3n) is 3.78. The summed E-state index contributed by atoms with van der Waals surface area (Å²) in [5.74, 6) is 0.0317. The van der Waals surface area contributed by atoms with Crippen molar-refractivity contribution in [2.75, 3.05) is 5.32 Å². The van der Waals surface area contributed by atoms with Crippen LogP contribution in [0.5, 0.6) is 0 Å². The van der Waals surface area contributed by atoms with E-state index in [4.69, 9.17) is 0 Å². The molecule has 7 heteroatoms. The van der Waals surface area contributed by atoms with Gasteiger partial charge in [0, 0.05) is 23.5 Å². The molecule has 1 amide bonds. The maximum absolute atomic E-state index is 12.5. The number of hydrogen-bond acceptors (Lipinski definition) is 4. The van der Waals surface area contributed by atoms with Crippen LogP contribution in [0.1, 0.15) is 41.6 Å². The van der Waals surface area contributed by atoms with Gasteiger partial charge < -0.3 is 5.32 Å². The first kappa shape index (κ1) is 16.6. The lowest BCUT2D eigenvalue weighted by atomic mass is 10.1. The van der Waals surface area contributed by atoms with Crippen LogP contribution < -0.4 is 10.7 Å². The average Bonchev–Trinajstić information content (AvgIpc) is 3.04. The number of nitrogens with zero attached hydrogens (tertiary/aromatic N) is 3. The lowest BCUT2D eigenvalue weighted by Crippen LogP contribution is -2.27. The fourth-order valence-electron chi connectivity index (χ4n) is 2.41. The Morgan fingerprint density at radius 3 is 2.56 bits per heavy atom. The lowest BCUT2D eigenvalue weighted by Gasteiger charge is -2.10. The largest absolute Gasteiger partial charge is 0.304 e. The number of hydrogen-bond donors (Lipinski definition) is 2. The van der Waals surface area contributed by atoms with Crippen molar-refractivity contribution in [1.29, 1.82) is 0 Å². The number of amides is 1. The first-order valence-electron chi connectivity index (χ1n) is 7.99. The van der Waals surface area contributed by atoms with E-state index >= 15 is 0 Å². The van der Waals surface area contributed by atoms with E-state index in [9.17, 15) is 9.59 Å². The molecule has 128 valence electrons. The zero-order valence-corrected chi connectivity index (χ0v) is 14.3. The topological polar surface area (TPSA) is 92.7 Å². The van der Waals surface area contributed by atoms with Crippen LogP contribution in [0.3, 0.4) is 0 Å². The van der Waals surface area contributed by atoms with Gasteiger partial charge in [-0.05, 0) is 25.0 Å². The van der Waals surface area contributed by atoms with Crippen molar-refractivity contribution in [3.05, 3.63) is 69.8 Å². The van der Waals surface area contributed by atoms with Gasteiger partial charge in [-0.25, -0.2) is 4.68 Å². The minimum atomic E-state index is -0.587. The highest BCUT2D eigenvalue weighted by atomic mass is 16.2.